The van der Waals surface area contributed by atoms with Crippen molar-refractivity contribution in [2.45, 2.75) is 69.9 Å². The minimum atomic E-state index is -0.555. The normalized spacial score (nSPS) is 40.2. The van der Waals surface area contributed by atoms with Crippen LogP contribution in [0.15, 0.2) is 12.2 Å². The summed E-state index contributed by atoms with van der Waals surface area (Å²) < 4.78 is 11.0. The van der Waals surface area contributed by atoms with Gasteiger partial charge in [-0.2, -0.15) is 0 Å². The molecule has 2 heterocycles. The molecular weight excluding hydrogens is 232 g/mol. The molecule has 1 N–H and O–H groups in total. The van der Waals surface area contributed by atoms with Gasteiger partial charge in [0.1, 0.15) is 0 Å². The Morgan fingerprint density at radius 1 is 1.33 bits per heavy atom. The van der Waals surface area contributed by atoms with Gasteiger partial charge >= 0.3 is 5.97 Å². The number of hydrogen-bond donors (Lipinski definition) is 1. The van der Waals surface area contributed by atoms with Crippen molar-refractivity contribution in [3.8, 4) is 0 Å². The Morgan fingerprint density at radius 3 is 3.00 bits per heavy atom. The topological polar surface area (TPSA) is 55.8 Å². The predicted molar refractivity (Wildman–Crippen MR) is 67.1 cm³/mol. The summed E-state index contributed by atoms with van der Waals surface area (Å²) in [4.78, 5) is 11.7. The molecule has 4 nitrogen and oxygen atoms in total. The number of aliphatic hydroxyl groups excluding tert-OH is 1. The minimum Gasteiger partial charge on any atom is -0.463 e. The molecule has 2 aliphatic rings. The summed E-state index contributed by atoms with van der Waals surface area (Å²) in [6.45, 7) is 1.91. The molecule has 0 amide bonds. The zero-order valence-corrected chi connectivity index (χ0v) is 10.9. The summed E-state index contributed by atoms with van der Waals surface area (Å²) in [6.07, 6.45) is 7.73. The van der Waals surface area contributed by atoms with E-state index in [4.69, 9.17) is 9.47 Å². The van der Waals surface area contributed by atoms with Crippen LogP contribution in [0.3, 0.4) is 0 Å². The Kier molecular flexibility index (Phi) is 4.78. The lowest BCUT2D eigenvalue weighted by Crippen LogP contribution is -2.40. The van der Waals surface area contributed by atoms with Gasteiger partial charge in [-0.25, -0.2) is 0 Å². The summed E-state index contributed by atoms with van der Waals surface area (Å²) in [5.41, 5.74) is 0. The van der Waals surface area contributed by atoms with Crippen molar-refractivity contribution < 1.29 is 19.4 Å². The zero-order valence-electron chi connectivity index (χ0n) is 10.9. The van der Waals surface area contributed by atoms with Crippen molar-refractivity contribution in [1.82, 2.24) is 0 Å². The molecule has 0 aromatic heterocycles. The van der Waals surface area contributed by atoms with Crippen LogP contribution in [-0.2, 0) is 14.3 Å². The summed E-state index contributed by atoms with van der Waals surface area (Å²) in [5.74, 6) is -0.267. The number of cyclic esters (lactones) is 1. The summed E-state index contributed by atoms with van der Waals surface area (Å²) in [6, 6.07) is 0. The third-order valence-corrected chi connectivity index (χ3v) is 3.56. The molecule has 18 heavy (non-hydrogen) atoms. The molecule has 0 unspecified atom stereocenters. The standard InChI is InChI=1S/C14H22O4/c1-10-5-3-2-4-6-11-7-8-12(15)13(18-11)9-14(16)17-10/h4,6,10-13,15H,2-3,5,7-9H2,1H3/b6-4+/t10-,11+,12+,13+/m1/s1. The summed E-state index contributed by atoms with van der Waals surface area (Å²) >= 11 is 0. The average molecular weight is 254 g/mol. The van der Waals surface area contributed by atoms with Crippen LogP contribution in [0.4, 0.5) is 0 Å². The minimum absolute atomic E-state index is 0.0306. The summed E-state index contributed by atoms with van der Waals surface area (Å²) in [5, 5.41) is 9.85. The van der Waals surface area contributed by atoms with Crippen LogP contribution in [0, 0.1) is 0 Å². The molecule has 0 aromatic carbocycles. The van der Waals surface area contributed by atoms with Gasteiger partial charge in [-0.3, -0.25) is 4.79 Å². The van der Waals surface area contributed by atoms with Crippen LogP contribution in [0.5, 0.6) is 0 Å². The zero-order chi connectivity index (χ0) is 13.0. The van der Waals surface area contributed by atoms with E-state index in [1.807, 2.05) is 6.92 Å². The smallest absolute Gasteiger partial charge is 0.308 e. The average Bonchev–Trinajstić information content (AvgIpc) is 2.31. The van der Waals surface area contributed by atoms with Crippen LogP contribution in [0.2, 0.25) is 0 Å². The maximum atomic E-state index is 11.7. The molecule has 1 saturated heterocycles. The fourth-order valence-electron chi connectivity index (χ4n) is 2.50. The van der Waals surface area contributed by atoms with Gasteiger partial charge in [0, 0.05) is 0 Å². The second kappa shape index (κ2) is 6.34. The summed E-state index contributed by atoms with van der Waals surface area (Å²) in [7, 11) is 0. The maximum Gasteiger partial charge on any atom is 0.308 e. The van der Waals surface area contributed by atoms with Gasteiger partial charge in [0.2, 0.25) is 0 Å². The van der Waals surface area contributed by atoms with Crippen molar-refractivity contribution in [3.63, 3.8) is 0 Å². The van der Waals surface area contributed by atoms with Gasteiger partial charge in [-0.1, -0.05) is 12.2 Å². The van der Waals surface area contributed by atoms with E-state index in [0.29, 0.717) is 6.42 Å². The number of hydrogen-bond acceptors (Lipinski definition) is 4. The van der Waals surface area contributed by atoms with Crippen LogP contribution in [0.1, 0.15) is 45.4 Å². The molecule has 4 heteroatoms. The van der Waals surface area contributed by atoms with E-state index in [-0.39, 0.29) is 24.6 Å². The van der Waals surface area contributed by atoms with E-state index in [0.717, 1.165) is 25.7 Å². The highest BCUT2D eigenvalue weighted by molar-refractivity contribution is 5.70. The number of fused-ring (bicyclic) bond motifs is 2. The number of allylic oxidation sites excluding steroid dienone is 1. The molecule has 2 bridgehead atoms. The third-order valence-electron chi connectivity index (χ3n) is 3.56. The van der Waals surface area contributed by atoms with Gasteiger partial charge in [0.15, 0.2) is 0 Å². The van der Waals surface area contributed by atoms with Gasteiger partial charge in [0.25, 0.3) is 0 Å². The molecule has 1 fully saturated rings. The first-order valence-electron chi connectivity index (χ1n) is 6.85. The molecule has 0 spiro atoms. The molecule has 0 radical (unpaired) electrons. The van der Waals surface area contributed by atoms with E-state index < -0.39 is 12.2 Å². The van der Waals surface area contributed by atoms with Crippen LogP contribution in [0.25, 0.3) is 0 Å². The largest absolute Gasteiger partial charge is 0.463 e. The van der Waals surface area contributed by atoms with Gasteiger partial charge < -0.3 is 14.6 Å². The number of carbonyl (C=O) groups excluding carboxylic acids is 1. The first-order chi connectivity index (χ1) is 8.65. The monoisotopic (exact) mass is 254 g/mol. The first kappa shape index (κ1) is 13.6. The fourth-order valence-corrected chi connectivity index (χ4v) is 2.50. The first-order valence-corrected chi connectivity index (χ1v) is 6.85. The molecule has 0 aromatic rings. The molecule has 4 atom stereocenters. The Hall–Kier alpha value is -0.870. The number of rotatable bonds is 0. The van der Waals surface area contributed by atoms with Crippen molar-refractivity contribution >= 4 is 5.97 Å². The van der Waals surface area contributed by atoms with Crippen molar-refractivity contribution in [2.24, 2.45) is 0 Å². The van der Waals surface area contributed by atoms with E-state index in [2.05, 4.69) is 12.2 Å². The van der Waals surface area contributed by atoms with E-state index in [1.165, 1.54) is 0 Å². The molecule has 2 rings (SSSR count). The van der Waals surface area contributed by atoms with Gasteiger partial charge in [0.05, 0.1) is 30.8 Å². The van der Waals surface area contributed by atoms with Crippen molar-refractivity contribution in [2.75, 3.05) is 0 Å². The number of aliphatic hydroxyl groups is 1. The molecular formula is C14H22O4. The van der Waals surface area contributed by atoms with Crippen LogP contribution in [-0.4, -0.2) is 35.5 Å². The second-order valence-corrected chi connectivity index (χ2v) is 5.22. The van der Waals surface area contributed by atoms with E-state index in [1.54, 1.807) is 0 Å². The van der Waals surface area contributed by atoms with Crippen molar-refractivity contribution in [3.05, 3.63) is 12.2 Å². The maximum absolute atomic E-state index is 11.7. The Labute approximate surface area is 108 Å². The quantitative estimate of drug-likeness (QED) is 0.530. The lowest BCUT2D eigenvalue weighted by molar-refractivity contribution is -0.160. The third kappa shape index (κ3) is 3.82. The van der Waals surface area contributed by atoms with E-state index >= 15 is 0 Å². The van der Waals surface area contributed by atoms with Crippen LogP contribution >= 0.6 is 0 Å². The van der Waals surface area contributed by atoms with E-state index in [9.17, 15) is 9.90 Å². The Balaban J connectivity index is 2.03. The Bertz CT molecular complexity index is 313. The molecule has 0 saturated carbocycles. The lowest BCUT2D eigenvalue weighted by Gasteiger charge is -2.32. The lowest BCUT2D eigenvalue weighted by atomic mass is 9.98. The number of ether oxygens (including phenoxy) is 2. The molecule has 0 aliphatic carbocycles. The second-order valence-electron chi connectivity index (χ2n) is 5.22. The number of carbonyl (C=O) groups is 1. The van der Waals surface area contributed by atoms with Crippen LogP contribution < -0.4 is 0 Å². The fraction of sp³-hybridized carbons (Fsp3) is 0.786. The highest BCUT2D eigenvalue weighted by Gasteiger charge is 2.31. The Morgan fingerprint density at radius 2 is 2.17 bits per heavy atom. The number of esters is 1. The van der Waals surface area contributed by atoms with Crippen molar-refractivity contribution in [1.29, 1.82) is 0 Å². The van der Waals surface area contributed by atoms with Gasteiger partial charge in [-0.05, 0) is 39.0 Å². The SMILES string of the molecule is C[C@@H]1CCC/C=C/[C@H]2CC[C@H](O)[C@H](CC(=O)O1)O2. The predicted octanol–water partition coefficient (Wildman–Crippen LogP) is 1.96. The highest BCUT2D eigenvalue weighted by atomic mass is 16.5. The highest BCUT2D eigenvalue weighted by Crippen LogP contribution is 2.24. The van der Waals surface area contributed by atoms with Gasteiger partial charge in [-0.15, -0.1) is 0 Å². The molecule has 2 aliphatic heterocycles. The molecule has 102 valence electrons.